The van der Waals surface area contributed by atoms with E-state index in [-0.39, 0.29) is 11.4 Å². The molecular formula is C7H8F2N2O3S. The number of nitrogens with two attached hydrogens (primary N) is 1. The molecule has 0 bridgehead atoms. The maximum Gasteiger partial charge on any atom is 0.387 e. The quantitative estimate of drug-likeness (QED) is 0.817. The lowest BCUT2D eigenvalue weighted by atomic mass is 10.3. The standard InChI is InChI=1S/C7H8F2N2O3S/c8-7(9)14-6-3-1-5(2-4-6)11-15(10,12)13/h1-4,7,11H,(H2,10,12,13). The number of anilines is 1. The molecule has 0 saturated heterocycles. The van der Waals surface area contributed by atoms with Crippen molar-refractivity contribution in [1.29, 1.82) is 0 Å². The molecule has 15 heavy (non-hydrogen) atoms. The third kappa shape index (κ3) is 4.56. The Bertz CT molecular complexity index is 418. The highest BCUT2D eigenvalue weighted by Gasteiger charge is 2.05. The Kier molecular flexibility index (Phi) is 3.43. The number of nitrogens with one attached hydrogen (secondary N) is 1. The lowest BCUT2D eigenvalue weighted by molar-refractivity contribution is -0.0498. The summed E-state index contributed by atoms with van der Waals surface area (Å²) >= 11 is 0. The molecule has 1 aromatic carbocycles. The van der Waals surface area contributed by atoms with Gasteiger partial charge in [0.2, 0.25) is 0 Å². The van der Waals surface area contributed by atoms with Gasteiger partial charge in [-0.3, -0.25) is 4.72 Å². The van der Waals surface area contributed by atoms with Crippen LogP contribution in [0.2, 0.25) is 0 Å². The van der Waals surface area contributed by atoms with Gasteiger partial charge in [-0.25, -0.2) is 5.14 Å². The number of rotatable bonds is 4. The molecule has 1 rings (SSSR count). The molecule has 0 atom stereocenters. The van der Waals surface area contributed by atoms with Crippen molar-refractivity contribution in [2.45, 2.75) is 6.61 Å². The summed E-state index contributed by atoms with van der Waals surface area (Å²) in [5.74, 6) is -0.0648. The molecule has 3 N–H and O–H groups in total. The van der Waals surface area contributed by atoms with Gasteiger partial charge in [0.15, 0.2) is 0 Å². The molecule has 0 aliphatic heterocycles. The summed E-state index contributed by atoms with van der Waals surface area (Å²) in [6.45, 7) is -2.91. The van der Waals surface area contributed by atoms with Crippen molar-refractivity contribution in [3.63, 3.8) is 0 Å². The maximum absolute atomic E-state index is 11.7. The normalized spacial score (nSPS) is 11.5. The topological polar surface area (TPSA) is 81.4 Å². The van der Waals surface area contributed by atoms with E-state index in [1.807, 2.05) is 4.72 Å². The molecular weight excluding hydrogens is 230 g/mol. The van der Waals surface area contributed by atoms with Crippen LogP contribution in [0, 0.1) is 0 Å². The van der Waals surface area contributed by atoms with Gasteiger partial charge in [-0.2, -0.15) is 17.2 Å². The highest BCUT2D eigenvalue weighted by Crippen LogP contribution is 2.17. The lowest BCUT2D eigenvalue weighted by Gasteiger charge is -2.06. The number of halogens is 2. The SMILES string of the molecule is NS(=O)(=O)Nc1ccc(OC(F)F)cc1. The Morgan fingerprint density at radius 3 is 2.20 bits per heavy atom. The minimum atomic E-state index is -3.85. The highest BCUT2D eigenvalue weighted by atomic mass is 32.2. The Morgan fingerprint density at radius 2 is 1.80 bits per heavy atom. The van der Waals surface area contributed by atoms with Crippen LogP contribution < -0.4 is 14.6 Å². The van der Waals surface area contributed by atoms with E-state index in [9.17, 15) is 17.2 Å². The first-order valence-electron chi connectivity index (χ1n) is 3.72. The van der Waals surface area contributed by atoms with Gasteiger partial charge in [-0.1, -0.05) is 0 Å². The molecule has 0 radical (unpaired) electrons. The van der Waals surface area contributed by atoms with Gasteiger partial charge in [0.05, 0.1) is 0 Å². The van der Waals surface area contributed by atoms with E-state index < -0.39 is 16.8 Å². The molecule has 0 aromatic heterocycles. The number of hydrogen-bond acceptors (Lipinski definition) is 3. The monoisotopic (exact) mass is 238 g/mol. The van der Waals surface area contributed by atoms with Crippen LogP contribution in [0.25, 0.3) is 0 Å². The summed E-state index contributed by atoms with van der Waals surface area (Å²) in [6.07, 6.45) is 0. The van der Waals surface area contributed by atoms with E-state index in [0.29, 0.717) is 0 Å². The molecule has 0 heterocycles. The van der Waals surface area contributed by atoms with E-state index in [1.165, 1.54) is 24.3 Å². The molecule has 0 amide bonds. The van der Waals surface area contributed by atoms with Crippen molar-refractivity contribution in [3.05, 3.63) is 24.3 Å². The number of hydrogen-bond donors (Lipinski definition) is 2. The van der Waals surface area contributed by atoms with Crippen molar-refractivity contribution >= 4 is 15.9 Å². The lowest BCUT2D eigenvalue weighted by Crippen LogP contribution is -2.21. The maximum atomic E-state index is 11.7. The first kappa shape index (κ1) is 11.7. The molecule has 5 nitrogen and oxygen atoms in total. The van der Waals surface area contributed by atoms with Crippen LogP contribution >= 0.6 is 0 Å². The van der Waals surface area contributed by atoms with Gasteiger partial charge < -0.3 is 4.74 Å². The molecule has 0 aliphatic carbocycles. The Balaban J connectivity index is 2.73. The smallest absolute Gasteiger partial charge is 0.387 e. The average Bonchev–Trinajstić information content (AvgIpc) is 2.05. The van der Waals surface area contributed by atoms with E-state index in [4.69, 9.17) is 5.14 Å². The number of ether oxygens (including phenoxy) is 1. The zero-order chi connectivity index (χ0) is 11.5. The molecule has 0 saturated carbocycles. The second kappa shape index (κ2) is 4.41. The van der Waals surface area contributed by atoms with Crippen LogP contribution in [-0.2, 0) is 10.2 Å². The Morgan fingerprint density at radius 1 is 1.27 bits per heavy atom. The second-order valence-corrected chi connectivity index (χ2v) is 3.84. The number of benzene rings is 1. The fourth-order valence-corrected chi connectivity index (χ4v) is 1.33. The first-order valence-corrected chi connectivity index (χ1v) is 5.27. The molecule has 0 aliphatic rings. The van der Waals surface area contributed by atoms with Gasteiger partial charge in [0.1, 0.15) is 5.75 Å². The van der Waals surface area contributed by atoms with Crippen molar-refractivity contribution < 1.29 is 21.9 Å². The molecule has 84 valence electrons. The summed E-state index contributed by atoms with van der Waals surface area (Å²) in [5, 5.41) is 4.70. The summed E-state index contributed by atoms with van der Waals surface area (Å²) < 4.78 is 50.7. The third-order valence-electron chi connectivity index (χ3n) is 1.34. The van der Waals surface area contributed by atoms with E-state index in [2.05, 4.69) is 4.74 Å². The van der Waals surface area contributed by atoms with Gasteiger partial charge >= 0.3 is 6.61 Å². The summed E-state index contributed by atoms with van der Waals surface area (Å²) in [6, 6.07) is 4.89. The van der Waals surface area contributed by atoms with Crippen molar-refractivity contribution in [2.75, 3.05) is 4.72 Å². The summed E-state index contributed by atoms with van der Waals surface area (Å²) in [4.78, 5) is 0. The highest BCUT2D eigenvalue weighted by molar-refractivity contribution is 7.90. The fraction of sp³-hybridized carbons (Fsp3) is 0.143. The van der Waals surface area contributed by atoms with Crippen LogP contribution in [0.15, 0.2) is 24.3 Å². The predicted molar refractivity (Wildman–Crippen MR) is 49.8 cm³/mol. The molecule has 0 fully saturated rings. The zero-order valence-corrected chi connectivity index (χ0v) is 8.17. The van der Waals surface area contributed by atoms with Gasteiger partial charge in [-0.15, -0.1) is 0 Å². The predicted octanol–water partition coefficient (Wildman–Crippen LogP) is 0.903. The van der Waals surface area contributed by atoms with Crippen LogP contribution in [0.1, 0.15) is 0 Å². The second-order valence-electron chi connectivity index (χ2n) is 2.55. The van der Waals surface area contributed by atoms with Crippen LogP contribution in [0.4, 0.5) is 14.5 Å². The van der Waals surface area contributed by atoms with Crippen LogP contribution in [0.5, 0.6) is 5.75 Å². The van der Waals surface area contributed by atoms with Crippen LogP contribution in [0.3, 0.4) is 0 Å². The van der Waals surface area contributed by atoms with Crippen molar-refractivity contribution in [1.82, 2.24) is 0 Å². The van der Waals surface area contributed by atoms with Crippen LogP contribution in [-0.4, -0.2) is 15.0 Å². The van der Waals surface area contributed by atoms with Gasteiger partial charge in [-0.05, 0) is 24.3 Å². The summed E-state index contributed by atoms with van der Waals surface area (Å²) in [5.41, 5.74) is 0.166. The van der Waals surface area contributed by atoms with Gasteiger partial charge in [0.25, 0.3) is 10.2 Å². The average molecular weight is 238 g/mol. The molecule has 0 spiro atoms. The third-order valence-corrected chi connectivity index (χ3v) is 1.86. The molecule has 1 aromatic rings. The zero-order valence-electron chi connectivity index (χ0n) is 7.35. The Hall–Kier alpha value is -1.41. The molecule has 0 unspecified atom stereocenters. The summed E-state index contributed by atoms with van der Waals surface area (Å²) in [7, 11) is -3.85. The van der Waals surface area contributed by atoms with E-state index >= 15 is 0 Å². The first-order chi connectivity index (χ1) is 6.87. The number of alkyl halides is 2. The minimum Gasteiger partial charge on any atom is -0.435 e. The minimum absolute atomic E-state index is 0.0648. The largest absolute Gasteiger partial charge is 0.435 e. The van der Waals surface area contributed by atoms with E-state index in [1.54, 1.807) is 0 Å². The Labute approximate surface area is 85.0 Å². The van der Waals surface area contributed by atoms with Gasteiger partial charge in [0, 0.05) is 5.69 Å². The van der Waals surface area contributed by atoms with Crippen molar-refractivity contribution in [2.24, 2.45) is 5.14 Å². The fourth-order valence-electron chi connectivity index (χ4n) is 0.869. The van der Waals surface area contributed by atoms with E-state index in [0.717, 1.165) is 0 Å². The van der Waals surface area contributed by atoms with Crippen molar-refractivity contribution in [3.8, 4) is 5.75 Å². The molecule has 8 heteroatoms.